The van der Waals surface area contributed by atoms with E-state index in [1.807, 2.05) is 39.0 Å². The standard InChI is InChI=1S/C14H18N2O2S/c1-8(2)16-13(17)7-12(14(16)18)19-11-6-4-5-10(15)9(11)3/h4-6,8,12H,7,15H2,1-3H3. The van der Waals surface area contributed by atoms with Gasteiger partial charge in [0.2, 0.25) is 11.8 Å². The molecule has 102 valence electrons. The van der Waals surface area contributed by atoms with Crippen molar-refractivity contribution >= 4 is 29.3 Å². The van der Waals surface area contributed by atoms with E-state index in [1.54, 1.807) is 0 Å². The third kappa shape index (κ3) is 2.61. The predicted molar refractivity (Wildman–Crippen MR) is 76.8 cm³/mol. The lowest BCUT2D eigenvalue weighted by atomic mass is 10.2. The van der Waals surface area contributed by atoms with Crippen molar-refractivity contribution in [1.29, 1.82) is 0 Å². The van der Waals surface area contributed by atoms with Crippen LogP contribution in [0.1, 0.15) is 25.8 Å². The van der Waals surface area contributed by atoms with Gasteiger partial charge in [0.1, 0.15) is 0 Å². The maximum Gasteiger partial charge on any atom is 0.243 e. The van der Waals surface area contributed by atoms with Crippen molar-refractivity contribution < 1.29 is 9.59 Å². The Morgan fingerprint density at radius 3 is 2.63 bits per heavy atom. The van der Waals surface area contributed by atoms with E-state index in [4.69, 9.17) is 5.73 Å². The molecule has 1 saturated heterocycles. The minimum atomic E-state index is -0.324. The molecule has 2 N–H and O–H groups in total. The van der Waals surface area contributed by atoms with E-state index >= 15 is 0 Å². The van der Waals surface area contributed by atoms with Gasteiger partial charge in [0.15, 0.2) is 0 Å². The van der Waals surface area contributed by atoms with Gasteiger partial charge < -0.3 is 5.73 Å². The molecule has 1 atom stereocenters. The molecule has 1 fully saturated rings. The second-order valence-electron chi connectivity index (χ2n) is 4.98. The topological polar surface area (TPSA) is 63.4 Å². The largest absolute Gasteiger partial charge is 0.398 e. The fourth-order valence-electron chi connectivity index (χ4n) is 2.17. The molecule has 5 heteroatoms. The van der Waals surface area contributed by atoms with Gasteiger partial charge in [-0.15, -0.1) is 11.8 Å². The molecule has 0 bridgehead atoms. The maximum absolute atomic E-state index is 12.2. The van der Waals surface area contributed by atoms with Crippen molar-refractivity contribution in [3.05, 3.63) is 23.8 Å². The van der Waals surface area contributed by atoms with Crippen LogP contribution in [-0.2, 0) is 9.59 Å². The fraction of sp³-hybridized carbons (Fsp3) is 0.429. The molecule has 1 aromatic carbocycles. The van der Waals surface area contributed by atoms with Gasteiger partial charge in [0.05, 0.1) is 5.25 Å². The number of imide groups is 1. The number of likely N-dealkylation sites (tertiary alicyclic amines) is 1. The van der Waals surface area contributed by atoms with Crippen molar-refractivity contribution in [1.82, 2.24) is 4.90 Å². The number of nitrogens with two attached hydrogens (primary N) is 1. The lowest BCUT2D eigenvalue weighted by Crippen LogP contribution is -2.37. The number of amides is 2. The van der Waals surface area contributed by atoms with Gasteiger partial charge in [-0.25, -0.2) is 0 Å². The number of hydrogen-bond acceptors (Lipinski definition) is 4. The molecule has 0 spiro atoms. The highest BCUT2D eigenvalue weighted by Crippen LogP contribution is 2.35. The van der Waals surface area contributed by atoms with E-state index in [2.05, 4.69) is 0 Å². The molecule has 1 unspecified atom stereocenters. The quantitative estimate of drug-likeness (QED) is 0.680. The third-order valence-electron chi connectivity index (χ3n) is 3.25. The number of thioether (sulfide) groups is 1. The monoisotopic (exact) mass is 278 g/mol. The zero-order chi connectivity index (χ0) is 14.2. The highest BCUT2D eigenvalue weighted by molar-refractivity contribution is 8.00. The summed E-state index contributed by atoms with van der Waals surface area (Å²) in [4.78, 5) is 26.4. The van der Waals surface area contributed by atoms with E-state index in [1.165, 1.54) is 16.7 Å². The van der Waals surface area contributed by atoms with Crippen LogP contribution in [0.4, 0.5) is 5.69 Å². The van der Waals surface area contributed by atoms with Crippen LogP contribution in [0, 0.1) is 6.92 Å². The van der Waals surface area contributed by atoms with Crippen molar-refractivity contribution in [2.45, 2.75) is 43.4 Å². The van der Waals surface area contributed by atoms with Gasteiger partial charge in [-0.2, -0.15) is 0 Å². The molecule has 1 aliphatic heterocycles. The Bertz CT molecular complexity index is 528. The molecule has 0 radical (unpaired) electrons. The number of rotatable bonds is 3. The number of anilines is 1. The first kappa shape index (κ1) is 13.9. The van der Waals surface area contributed by atoms with Gasteiger partial charge in [-0.05, 0) is 38.5 Å². The van der Waals surface area contributed by atoms with Gasteiger partial charge in [0.25, 0.3) is 0 Å². The van der Waals surface area contributed by atoms with E-state index in [-0.39, 0.29) is 29.5 Å². The summed E-state index contributed by atoms with van der Waals surface area (Å²) in [6, 6.07) is 5.56. The van der Waals surface area contributed by atoms with Crippen molar-refractivity contribution in [3.8, 4) is 0 Å². The molecule has 0 saturated carbocycles. The lowest BCUT2D eigenvalue weighted by Gasteiger charge is -2.19. The summed E-state index contributed by atoms with van der Waals surface area (Å²) < 4.78 is 0. The van der Waals surface area contributed by atoms with Crippen LogP contribution in [0.3, 0.4) is 0 Å². The first-order chi connectivity index (χ1) is 8.91. The molecular weight excluding hydrogens is 260 g/mol. The summed E-state index contributed by atoms with van der Waals surface area (Å²) in [7, 11) is 0. The van der Waals surface area contributed by atoms with E-state index in [0.717, 1.165) is 10.5 Å². The Morgan fingerprint density at radius 1 is 1.37 bits per heavy atom. The summed E-state index contributed by atoms with van der Waals surface area (Å²) in [5, 5.41) is -0.324. The molecule has 1 aliphatic rings. The van der Waals surface area contributed by atoms with Gasteiger partial charge in [0, 0.05) is 23.0 Å². The second kappa shape index (κ2) is 5.25. The van der Waals surface area contributed by atoms with E-state index < -0.39 is 0 Å². The number of carbonyl (C=O) groups excluding carboxylic acids is 2. The number of hydrogen-bond donors (Lipinski definition) is 1. The maximum atomic E-state index is 12.2. The van der Waals surface area contributed by atoms with Crippen LogP contribution < -0.4 is 5.73 Å². The third-order valence-corrected chi connectivity index (χ3v) is 4.60. The highest BCUT2D eigenvalue weighted by atomic mass is 32.2. The van der Waals surface area contributed by atoms with Crippen molar-refractivity contribution in [2.24, 2.45) is 0 Å². The number of nitrogens with zero attached hydrogens (tertiary/aromatic N) is 1. The number of nitrogen functional groups attached to an aromatic ring is 1. The molecular formula is C14H18N2O2S. The van der Waals surface area contributed by atoms with Crippen LogP contribution in [0.15, 0.2) is 23.1 Å². The van der Waals surface area contributed by atoms with Crippen LogP contribution in [-0.4, -0.2) is 28.0 Å². The summed E-state index contributed by atoms with van der Waals surface area (Å²) in [5.41, 5.74) is 7.54. The van der Waals surface area contributed by atoms with E-state index in [9.17, 15) is 9.59 Å². The summed E-state index contributed by atoms with van der Waals surface area (Å²) >= 11 is 1.43. The Labute approximate surface area is 117 Å². The summed E-state index contributed by atoms with van der Waals surface area (Å²) in [5.74, 6) is -0.175. The Morgan fingerprint density at radius 2 is 2.05 bits per heavy atom. The fourth-order valence-corrected chi connectivity index (χ4v) is 3.37. The molecule has 2 rings (SSSR count). The first-order valence-corrected chi connectivity index (χ1v) is 7.17. The average Bonchev–Trinajstić information content (AvgIpc) is 2.60. The van der Waals surface area contributed by atoms with Crippen molar-refractivity contribution in [2.75, 3.05) is 5.73 Å². The van der Waals surface area contributed by atoms with Crippen LogP contribution in [0.25, 0.3) is 0 Å². The molecule has 2 amide bonds. The van der Waals surface area contributed by atoms with Gasteiger partial charge >= 0.3 is 0 Å². The number of benzene rings is 1. The van der Waals surface area contributed by atoms with Gasteiger partial charge in [-0.3, -0.25) is 14.5 Å². The molecule has 4 nitrogen and oxygen atoms in total. The molecule has 0 aliphatic carbocycles. The summed E-state index contributed by atoms with van der Waals surface area (Å²) in [6.45, 7) is 5.64. The summed E-state index contributed by atoms with van der Waals surface area (Å²) in [6.07, 6.45) is 0.274. The number of carbonyl (C=O) groups is 2. The smallest absolute Gasteiger partial charge is 0.243 e. The normalized spacial score (nSPS) is 19.6. The Hall–Kier alpha value is -1.49. The zero-order valence-corrected chi connectivity index (χ0v) is 12.2. The minimum Gasteiger partial charge on any atom is -0.398 e. The van der Waals surface area contributed by atoms with Crippen molar-refractivity contribution in [3.63, 3.8) is 0 Å². The lowest BCUT2D eigenvalue weighted by molar-refractivity contribution is -0.140. The van der Waals surface area contributed by atoms with Crippen LogP contribution in [0.2, 0.25) is 0 Å². The second-order valence-corrected chi connectivity index (χ2v) is 6.22. The minimum absolute atomic E-state index is 0.0764. The van der Waals surface area contributed by atoms with Crippen LogP contribution in [0.5, 0.6) is 0 Å². The average molecular weight is 278 g/mol. The SMILES string of the molecule is Cc1c(N)cccc1SC1CC(=O)N(C(C)C)C1=O. The molecule has 1 heterocycles. The zero-order valence-electron chi connectivity index (χ0n) is 11.3. The Balaban J connectivity index is 2.19. The van der Waals surface area contributed by atoms with Crippen LogP contribution >= 0.6 is 11.8 Å². The van der Waals surface area contributed by atoms with Gasteiger partial charge in [-0.1, -0.05) is 6.07 Å². The molecule has 0 aromatic heterocycles. The predicted octanol–water partition coefficient (Wildman–Crippen LogP) is 2.21. The highest BCUT2D eigenvalue weighted by Gasteiger charge is 2.40. The molecule has 19 heavy (non-hydrogen) atoms. The first-order valence-electron chi connectivity index (χ1n) is 6.29. The molecule has 1 aromatic rings. The van der Waals surface area contributed by atoms with E-state index in [0.29, 0.717) is 5.69 Å². The Kier molecular flexibility index (Phi) is 3.85.